The van der Waals surface area contributed by atoms with Gasteiger partial charge in [-0.2, -0.15) is 0 Å². The molecule has 1 aliphatic heterocycles. The number of carbonyl (C=O) groups excluding carboxylic acids is 1. The molecule has 1 aromatic rings. The fourth-order valence-corrected chi connectivity index (χ4v) is 4.13. The predicted octanol–water partition coefficient (Wildman–Crippen LogP) is 3.15. The normalized spacial score (nSPS) is 28.9. The van der Waals surface area contributed by atoms with Gasteiger partial charge in [0.25, 0.3) is 0 Å². The first-order valence-electron chi connectivity index (χ1n) is 7.31. The van der Waals surface area contributed by atoms with Gasteiger partial charge in [-0.25, -0.2) is 4.79 Å². The molecule has 0 bridgehead atoms. The number of amides is 1. The van der Waals surface area contributed by atoms with Gasteiger partial charge in [0, 0.05) is 11.4 Å². The number of aliphatic hydroxyl groups is 1. The Morgan fingerprint density at radius 1 is 1.40 bits per heavy atom. The molecule has 5 heteroatoms. The van der Waals surface area contributed by atoms with Crippen molar-refractivity contribution in [3.63, 3.8) is 0 Å². The van der Waals surface area contributed by atoms with Crippen LogP contribution in [0.15, 0.2) is 17.5 Å². The molecule has 2 heterocycles. The van der Waals surface area contributed by atoms with Crippen LogP contribution in [0.2, 0.25) is 0 Å². The third-order valence-electron chi connectivity index (χ3n) is 4.71. The molecule has 2 fully saturated rings. The van der Waals surface area contributed by atoms with Crippen LogP contribution in [-0.2, 0) is 11.2 Å². The Kier molecular flexibility index (Phi) is 3.50. The van der Waals surface area contributed by atoms with Crippen LogP contribution in [0.4, 0.5) is 4.79 Å². The monoisotopic (exact) mass is 295 g/mol. The number of nitrogens with zero attached hydrogens (tertiary/aromatic N) is 1. The van der Waals surface area contributed by atoms with Crippen LogP contribution in [0.1, 0.15) is 43.9 Å². The molecule has 1 amide bonds. The van der Waals surface area contributed by atoms with E-state index in [0.717, 1.165) is 38.5 Å². The maximum absolute atomic E-state index is 12.2. The number of hydrogen-bond donors (Lipinski definition) is 1. The molecule has 1 spiro atoms. The van der Waals surface area contributed by atoms with Gasteiger partial charge in [0.2, 0.25) is 0 Å². The van der Waals surface area contributed by atoms with E-state index in [4.69, 9.17) is 4.74 Å². The summed E-state index contributed by atoms with van der Waals surface area (Å²) >= 11 is 1.67. The van der Waals surface area contributed by atoms with Crippen LogP contribution >= 0.6 is 11.3 Å². The van der Waals surface area contributed by atoms with E-state index >= 15 is 0 Å². The lowest BCUT2D eigenvalue weighted by Crippen LogP contribution is -2.57. The van der Waals surface area contributed by atoms with Crippen LogP contribution < -0.4 is 0 Å². The molecule has 110 valence electrons. The third-order valence-corrected chi connectivity index (χ3v) is 5.65. The largest absolute Gasteiger partial charge is 0.438 e. The van der Waals surface area contributed by atoms with Crippen molar-refractivity contribution in [3.05, 3.63) is 22.4 Å². The molecule has 4 nitrogen and oxygen atoms in total. The first-order valence-corrected chi connectivity index (χ1v) is 8.18. The number of thiophene rings is 1. The fourth-order valence-electron chi connectivity index (χ4n) is 3.43. The minimum atomic E-state index is -1.19. The zero-order valence-electron chi connectivity index (χ0n) is 11.8. The van der Waals surface area contributed by atoms with Gasteiger partial charge in [-0.3, -0.25) is 4.90 Å². The Morgan fingerprint density at radius 2 is 2.15 bits per heavy atom. The van der Waals surface area contributed by atoms with Gasteiger partial charge in [0.15, 0.2) is 11.3 Å². The van der Waals surface area contributed by atoms with Crippen molar-refractivity contribution in [2.24, 2.45) is 0 Å². The standard InChI is InChI=1S/C15H21NO3S/c1-14(18)15(8-3-2-4-9-15)19-13(17)16(14)10-7-12-6-5-11-20-12/h5-6,11,18H,2-4,7-10H2,1H3. The van der Waals surface area contributed by atoms with E-state index in [9.17, 15) is 9.90 Å². The van der Waals surface area contributed by atoms with Crippen LogP contribution in [0, 0.1) is 0 Å². The van der Waals surface area contributed by atoms with Crippen molar-refractivity contribution < 1.29 is 14.6 Å². The summed E-state index contributed by atoms with van der Waals surface area (Å²) in [5.74, 6) is 0. The van der Waals surface area contributed by atoms with Gasteiger partial charge >= 0.3 is 6.09 Å². The highest BCUT2D eigenvalue weighted by molar-refractivity contribution is 7.09. The number of ether oxygens (including phenoxy) is 1. The van der Waals surface area contributed by atoms with Gasteiger partial charge in [0.1, 0.15) is 0 Å². The summed E-state index contributed by atoms with van der Waals surface area (Å²) < 4.78 is 5.63. The second kappa shape index (κ2) is 5.04. The second-order valence-corrected chi connectivity index (χ2v) is 6.96. The van der Waals surface area contributed by atoms with Gasteiger partial charge in [-0.05, 0) is 50.5 Å². The summed E-state index contributed by atoms with van der Waals surface area (Å²) in [7, 11) is 0. The molecule has 1 unspecified atom stereocenters. The van der Waals surface area contributed by atoms with E-state index in [0.29, 0.717) is 6.54 Å². The minimum Gasteiger partial charge on any atom is -0.438 e. The van der Waals surface area contributed by atoms with Gasteiger partial charge in [-0.1, -0.05) is 12.5 Å². The number of hydrogen-bond acceptors (Lipinski definition) is 4. The van der Waals surface area contributed by atoms with Gasteiger partial charge in [0.05, 0.1) is 0 Å². The van der Waals surface area contributed by atoms with Gasteiger partial charge in [-0.15, -0.1) is 11.3 Å². The molecule has 20 heavy (non-hydrogen) atoms. The molecule has 1 aromatic heterocycles. The zero-order chi connectivity index (χ0) is 14.2. The molecule has 1 saturated heterocycles. The molecule has 0 radical (unpaired) electrons. The van der Waals surface area contributed by atoms with E-state index in [2.05, 4.69) is 6.07 Å². The lowest BCUT2D eigenvalue weighted by molar-refractivity contribution is -0.158. The molecule has 1 N–H and O–H groups in total. The van der Waals surface area contributed by atoms with E-state index in [1.165, 1.54) is 9.78 Å². The summed E-state index contributed by atoms with van der Waals surface area (Å²) in [4.78, 5) is 14.9. The minimum absolute atomic E-state index is 0.367. The summed E-state index contributed by atoms with van der Waals surface area (Å²) in [5, 5.41) is 12.9. The van der Waals surface area contributed by atoms with Crippen LogP contribution in [0.3, 0.4) is 0 Å². The highest BCUT2D eigenvalue weighted by atomic mass is 32.1. The number of carbonyl (C=O) groups is 1. The second-order valence-electron chi connectivity index (χ2n) is 5.92. The van der Waals surface area contributed by atoms with Crippen molar-refractivity contribution >= 4 is 17.4 Å². The highest BCUT2D eigenvalue weighted by Crippen LogP contribution is 2.46. The Balaban J connectivity index is 1.75. The number of rotatable bonds is 3. The van der Waals surface area contributed by atoms with E-state index in [1.807, 2.05) is 11.4 Å². The molecule has 1 saturated carbocycles. The van der Waals surface area contributed by atoms with Gasteiger partial charge < -0.3 is 9.84 Å². The maximum atomic E-state index is 12.2. The molecule has 1 aliphatic carbocycles. The van der Waals surface area contributed by atoms with E-state index in [1.54, 1.807) is 18.3 Å². The molecule has 3 rings (SSSR count). The summed E-state index contributed by atoms with van der Waals surface area (Å²) in [6.07, 6.45) is 5.12. The molecule has 0 aromatic carbocycles. The van der Waals surface area contributed by atoms with E-state index < -0.39 is 11.3 Å². The van der Waals surface area contributed by atoms with Crippen LogP contribution in [0.5, 0.6) is 0 Å². The molecular weight excluding hydrogens is 274 g/mol. The Hall–Kier alpha value is -1.07. The zero-order valence-corrected chi connectivity index (χ0v) is 12.6. The predicted molar refractivity (Wildman–Crippen MR) is 77.6 cm³/mol. The Morgan fingerprint density at radius 3 is 2.80 bits per heavy atom. The fraction of sp³-hybridized carbons (Fsp3) is 0.667. The SMILES string of the molecule is CC1(O)N(CCc2cccs2)C(=O)OC12CCCCC2. The summed E-state index contributed by atoms with van der Waals surface area (Å²) in [5.41, 5.74) is -1.89. The Labute approximate surface area is 123 Å². The Bertz CT molecular complexity index is 477. The highest BCUT2D eigenvalue weighted by Gasteiger charge is 2.61. The van der Waals surface area contributed by atoms with Crippen LogP contribution in [-0.4, -0.2) is 34.0 Å². The third kappa shape index (κ3) is 2.13. The van der Waals surface area contributed by atoms with E-state index in [-0.39, 0.29) is 6.09 Å². The first-order chi connectivity index (χ1) is 9.55. The lowest BCUT2D eigenvalue weighted by Gasteiger charge is -2.42. The van der Waals surface area contributed by atoms with Crippen molar-refractivity contribution in [1.82, 2.24) is 4.90 Å². The van der Waals surface area contributed by atoms with Crippen molar-refractivity contribution in [2.75, 3.05) is 6.54 Å². The van der Waals surface area contributed by atoms with Crippen molar-refractivity contribution in [3.8, 4) is 0 Å². The topological polar surface area (TPSA) is 49.8 Å². The summed E-state index contributed by atoms with van der Waals surface area (Å²) in [6, 6.07) is 4.06. The molecular formula is C15H21NO3S. The molecule has 2 aliphatic rings. The van der Waals surface area contributed by atoms with Crippen molar-refractivity contribution in [1.29, 1.82) is 0 Å². The average Bonchev–Trinajstić information content (AvgIpc) is 2.97. The van der Waals surface area contributed by atoms with Crippen molar-refractivity contribution in [2.45, 2.75) is 56.8 Å². The molecule has 1 atom stereocenters. The maximum Gasteiger partial charge on any atom is 0.412 e. The average molecular weight is 295 g/mol. The summed E-state index contributed by atoms with van der Waals surface area (Å²) in [6.45, 7) is 2.24. The smallest absolute Gasteiger partial charge is 0.412 e. The quantitative estimate of drug-likeness (QED) is 0.932. The first kappa shape index (κ1) is 13.9. The lowest BCUT2D eigenvalue weighted by atomic mass is 9.77. The van der Waals surface area contributed by atoms with Crippen LogP contribution in [0.25, 0.3) is 0 Å².